The van der Waals surface area contributed by atoms with E-state index in [1.807, 2.05) is 0 Å². The van der Waals surface area contributed by atoms with Crippen molar-refractivity contribution in [3.05, 3.63) is 93.8 Å². The van der Waals surface area contributed by atoms with Crippen molar-refractivity contribution in [3.8, 4) is 34.0 Å². The Hall–Kier alpha value is -6.10. The number of carbonyl (C=O) groups excluding carboxylic acids is 3. The van der Waals surface area contributed by atoms with Crippen molar-refractivity contribution in [1.82, 2.24) is 19.8 Å². The zero-order valence-corrected chi connectivity index (χ0v) is 41.8. The van der Waals surface area contributed by atoms with Gasteiger partial charge < -0.3 is 28.8 Å². The number of hydrogen-bond acceptors (Lipinski definition) is 11. The number of rotatable bonds is 10. The van der Waals surface area contributed by atoms with Crippen LogP contribution in [0, 0.1) is 23.3 Å². The molecule has 0 radical (unpaired) electrons. The first-order valence-electron chi connectivity index (χ1n) is 22.6. The van der Waals surface area contributed by atoms with E-state index in [1.165, 1.54) is 45.0 Å². The lowest BCUT2D eigenvalue weighted by Crippen LogP contribution is -2.47. The summed E-state index contributed by atoms with van der Waals surface area (Å²) in [5.41, 5.74) is -0.723. The average Bonchev–Trinajstić information content (AvgIpc) is 3.24. The minimum Gasteiger partial charge on any atom is -0.472 e. The molecule has 1 N–H and O–H groups in total. The summed E-state index contributed by atoms with van der Waals surface area (Å²) >= 11 is 6.06. The van der Waals surface area contributed by atoms with Crippen LogP contribution in [0.15, 0.2) is 48.5 Å². The van der Waals surface area contributed by atoms with E-state index in [4.69, 9.17) is 40.4 Å². The van der Waals surface area contributed by atoms with E-state index in [2.05, 4.69) is 9.97 Å². The number of alkyl halides is 6. The molecule has 0 fully saturated rings. The maximum absolute atomic E-state index is 14.6. The molecule has 6 rings (SSSR count). The maximum Gasteiger partial charge on any atom is 0.410 e. The van der Waals surface area contributed by atoms with Gasteiger partial charge in [0.1, 0.15) is 64.9 Å². The predicted octanol–water partition coefficient (Wildman–Crippen LogP) is 12.5. The molecule has 4 aromatic rings. The molecule has 24 heteroatoms. The Bertz CT molecular complexity index is 2570. The molecule has 0 saturated heterocycles. The lowest BCUT2D eigenvalue weighted by atomic mass is 9.94. The van der Waals surface area contributed by atoms with Crippen molar-refractivity contribution in [1.29, 1.82) is 0 Å². The molecule has 4 heterocycles. The molecule has 2 aliphatic rings. The van der Waals surface area contributed by atoms with Gasteiger partial charge in [-0.15, -0.1) is 0 Å². The van der Waals surface area contributed by atoms with E-state index in [1.54, 1.807) is 34.6 Å². The molecule has 2 aromatic carbocycles. The Morgan fingerprint density at radius 1 is 0.662 bits per heavy atom. The zero-order chi connectivity index (χ0) is 54.8. The number of carbonyl (C=O) groups is 3. The van der Waals surface area contributed by atoms with Crippen LogP contribution in [-0.4, -0.2) is 118 Å². The summed E-state index contributed by atoms with van der Waals surface area (Å²) < 4.78 is 161. The van der Waals surface area contributed by atoms with Crippen LogP contribution in [0.5, 0.6) is 11.8 Å². The fraction of sp³-hybridized carbons (Fsp3) is 0.500. The first-order chi connectivity index (χ1) is 33.8. The molecule has 2 aliphatic heterocycles. The molecule has 74 heavy (non-hydrogen) atoms. The highest BCUT2D eigenvalue weighted by Gasteiger charge is 2.39. The molecular formula is C50H59ClF10N4O9. The third kappa shape index (κ3) is 19.0. The van der Waals surface area contributed by atoms with Gasteiger partial charge in [0, 0.05) is 41.0 Å². The van der Waals surface area contributed by atoms with E-state index >= 15 is 0 Å². The fourth-order valence-corrected chi connectivity index (χ4v) is 7.42. The second-order valence-electron chi connectivity index (χ2n) is 18.4. The summed E-state index contributed by atoms with van der Waals surface area (Å²) in [4.78, 5) is 46.5. The SMILES string of the molecule is C.CC(C)(C)OC(=O)N(CC1CCc2c(-c3ccc(F)cc3F)cc(Cl)nc2O1)CC(F)(F)F.CCO.CCOC(=O)c1cc(-c2ccc(F)cc2F)c2c(n1)OC(CN(CC(F)(F)F)C(=O)OC(C)(C)C)CC2. The van der Waals surface area contributed by atoms with Crippen LogP contribution in [0.3, 0.4) is 0 Å². The number of pyridine rings is 2. The van der Waals surface area contributed by atoms with Gasteiger partial charge in [-0.3, -0.25) is 9.80 Å². The predicted molar refractivity (Wildman–Crippen MR) is 253 cm³/mol. The number of hydrogen-bond donors (Lipinski definition) is 1. The van der Waals surface area contributed by atoms with Gasteiger partial charge in [-0.05, 0) is 129 Å². The number of nitrogens with zero attached hydrogens (tertiary/aromatic N) is 4. The third-order valence-corrected chi connectivity index (χ3v) is 10.1. The molecule has 0 spiro atoms. The first-order valence-corrected chi connectivity index (χ1v) is 23.0. The van der Waals surface area contributed by atoms with Gasteiger partial charge in [0.05, 0.1) is 19.7 Å². The first kappa shape index (κ1) is 62.2. The average molecular weight is 1090 g/mol. The minimum absolute atomic E-state index is 0. The molecule has 13 nitrogen and oxygen atoms in total. The molecule has 2 amide bonds. The highest BCUT2D eigenvalue weighted by molar-refractivity contribution is 6.29. The van der Waals surface area contributed by atoms with Gasteiger partial charge in [-0.25, -0.2) is 41.9 Å². The summed E-state index contributed by atoms with van der Waals surface area (Å²) in [6.45, 7) is 8.83. The number of aromatic nitrogens is 2. The monoisotopic (exact) mass is 1080 g/mol. The highest BCUT2D eigenvalue weighted by Crippen LogP contribution is 2.40. The molecule has 2 aromatic heterocycles. The lowest BCUT2D eigenvalue weighted by molar-refractivity contribution is -0.147. The number of aliphatic hydroxyl groups excluding tert-OH is 1. The molecule has 0 saturated carbocycles. The van der Waals surface area contributed by atoms with Crippen LogP contribution >= 0.6 is 11.6 Å². The topological polar surface area (TPSA) is 150 Å². The number of amides is 2. The largest absolute Gasteiger partial charge is 0.472 e. The summed E-state index contributed by atoms with van der Waals surface area (Å²) in [5, 5.41) is 7.53. The van der Waals surface area contributed by atoms with Crippen LogP contribution in [-0.2, 0) is 27.1 Å². The van der Waals surface area contributed by atoms with Crippen molar-refractivity contribution in [2.75, 3.05) is 39.4 Å². The van der Waals surface area contributed by atoms with E-state index < -0.39 is 103 Å². The quantitative estimate of drug-likeness (QED) is 0.0700. The molecule has 0 aliphatic carbocycles. The van der Waals surface area contributed by atoms with Crippen LogP contribution in [0.1, 0.15) is 97.3 Å². The van der Waals surface area contributed by atoms with Crippen LogP contribution in [0.4, 0.5) is 53.5 Å². The second-order valence-corrected chi connectivity index (χ2v) is 18.8. The number of aliphatic hydroxyl groups is 1. The highest BCUT2D eigenvalue weighted by atomic mass is 35.5. The zero-order valence-electron chi connectivity index (χ0n) is 41.0. The maximum atomic E-state index is 14.6. The standard InChI is InChI=1S/C25H27F5N2O5.C22H22ClF5N2O3.C2H6O.CH4/c1-5-35-22(33)20-11-18(16-8-6-14(26)10-19(16)27)17-9-7-15(36-21(17)31-20)12-32(13-25(28,29)30)23(34)37-24(2,3)4;1-21(2,3)33-20(31)30(11-22(26,27)28)10-13-5-7-15-16(9-18(23)29-19(15)32-13)14-6-4-12(24)8-17(14)25;1-2-3;/h6,8,10-11,15H,5,7,9,12-13H2,1-4H3;4,6,8-9,13H,5,7,10-11H2,1-3H3;3H,2H2,1H3;1H4. The fourth-order valence-electron chi connectivity index (χ4n) is 7.24. The van der Waals surface area contributed by atoms with Crippen LogP contribution in [0.25, 0.3) is 22.3 Å². The van der Waals surface area contributed by atoms with Gasteiger partial charge in [0.2, 0.25) is 11.8 Å². The van der Waals surface area contributed by atoms with Gasteiger partial charge in [-0.1, -0.05) is 19.0 Å². The van der Waals surface area contributed by atoms with E-state index in [0.29, 0.717) is 32.6 Å². The van der Waals surface area contributed by atoms with Gasteiger partial charge in [0.15, 0.2) is 5.69 Å². The molecule has 410 valence electrons. The van der Waals surface area contributed by atoms with E-state index in [-0.39, 0.29) is 85.6 Å². The number of ether oxygens (including phenoxy) is 5. The second kappa shape index (κ2) is 25.9. The Kier molecular flexibility index (Phi) is 21.8. The Balaban J connectivity index is 0.000000368. The van der Waals surface area contributed by atoms with Crippen molar-refractivity contribution < 1.29 is 87.1 Å². The molecule has 2 atom stereocenters. The van der Waals surface area contributed by atoms with Crippen LogP contribution in [0.2, 0.25) is 5.15 Å². The van der Waals surface area contributed by atoms with Crippen LogP contribution < -0.4 is 9.47 Å². The van der Waals surface area contributed by atoms with Crippen molar-refractivity contribution in [3.63, 3.8) is 0 Å². The minimum atomic E-state index is -4.69. The van der Waals surface area contributed by atoms with E-state index in [0.717, 1.165) is 18.2 Å². The smallest absolute Gasteiger partial charge is 0.410 e. The van der Waals surface area contributed by atoms with Gasteiger partial charge in [0.25, 0.3) is 0 Å². The van der Waals surface area contributed by atoms with Gasteiger partial charge >= 0.3 is 30.5 Å². The molecule has 0 bridgehead atoms. The number of esters is 1. The number of halogens is 11. The van der Waals surface area contributed by atoms with Gasteiger partial charge in [-0.2, -0.15) is 26.3 Å². The summed E-state index contributed by atoms with van der Waals surface area (Å²) in [6, 6.07) is 8.75. The lowest BCUT2D eigenvalue weighted by Gasteiger charge is -2.33. The number of benzene rings is 2. The summed E-state index contributed by atoms with van der Waals surface area (Å²) in [7, 11) is 0. The van der Waals surface area contributed by atoms with Crippen molar-refractivity contribution in [2.45, 2.75) is 124 Å². The Morgan fingerprint density at radius 3 is 1.42 bits per heavy atom. The van der Waals surface area contributed by atoms with Crippen molar-refractivity contribution in [2.24, 2.45) is 0 Å². The third-order valence-electron chi connectivity index (χ3n) is 9.95. The number of fused-ring (bicyclic) bond motifs is 2. The normalized spacial score (nSPS) is 15.1. The van der Waals surface area contributed by atoms with E-state index in [9.17, 15) is 58.3 Å². The summed E-state index contributed by atoms with van der Waals surface area (Å²) in [5.74, 6) is -4.14. The Morgan fingerprint density at radius 2 is 1.05 bits per heavy atom. The molecule has 2 unspecified atom stereocenters. The molecular weight excluding hydrogens is 1030 g/mol. The summed E-state index contributed by atoms with van der Waals surface area (Å²) in [6.07, 6.45) is -12.6. The van der Waals surface area contributed by atoms with Crippen molar-refractivity contribution >= 4 is 29.8 Å². The Labute approximate surface area is 427 Å².